The van der Waals surface area contributed by atoms with E-state index in [1.807, 2.05) is 0 Å². The average Bonchev–Trinajstić information content (AvgIpc) is 2.56. The van der Waals surface area contributed by atoms with Crippen molar-refractivity contribution in [2.24, 2.45) is 0 Å². The second-order valence-electron chi connectivity index (χ2n) is 4.86. The number of ether oxygens (including phenoxy) is 1. The highest BCUT2D eigenvalue weighted by Gasteiger charge is 2.03. The minimum absolute atomic E-state index is 0.0360. The Hall–Kier alpha value is -2.60. The van der Waals surface area contributed by atoms with Crippen LogP contribution in [0.1, 0.15) is 12.0 Å². The summed E-state index contributed by atoms with van der Waals surface area (Å²) in [6.45, 7) is 0.585. The molecule has 0 aromatic heterocycles. The molecule has 0 saturated heterocycles. The lowest BCUT2D eigenvalue weighted by molar-refractivity contribution is 0.249. The number of hydrogen-bond acceptors (Lipinski definition) is 3. The van der Waals surface area contributed by atoms with E-state index in [-0.39, 0.29) is 25.1 Å². The number of nitrogens with one attached hydrogen (secondary N) is 2. The molecule has 0 fully saturated rings. The molecular formula is C17H19FN2O3. The first-order valence-electron chi connectivity index (χ1n) is 7.31. The Morgan fingerprint density at radius 3 is 2.57 bits per heavy atom. The molecule has 0 radical (unpaired) electrons. The predicted molar refractivity (Wildman–Crippen MR) is 85.9 cm³/mol. The van der Waals surface area contributed by atoms with Crippen LogP contribution in [0, 0.1) is 5.82 Å². The molecule has 122 valence electrons. The number of anilines is 1. The van der Waals surface area contributed by atoms with Crippen LogP contribution in [-0.4, -0.2) is 24.3 Å². The zero-order chi connectivity index (χ0) is 16.5. The van der Waals surface area contributed by atoms with Crippen LogP contribution >= 0.6 is 0 Å². The summed E-state index contributed by atoms with van der Waals surface area (Å²) in [4.78, 5) is 11.5. The van der Waals surface area contributed by atoms with Gasteiger partial charge in [-0.15, -0.1) is 0 Å². The zero-order valence-corrected chi connectivity index (χ0v) is 12.6. The van der Waals surface area contributed by atoms with Crippen molar-refractivity contribution in [3.05, 3.63) is 59.9 Å². The number of carbonyl (C=O) groups is 1. The van der Waals surface area contributed by atoms with Gasteiger partial charge in [0.15, 0.2) is 0 Å². The normalized spacial score (nSPS) is 10.2. The van der Waals surface area contributed by atoms with Gasteiger partial charge in [-0.2, -0.15) is 0 Å². The minimum Gasteiger partial charge on any atom is -0.489 e. The van der Waals surface area contributed by atoms with Crippen molar-refractivity contribution < 1.29 is 19.0 Å². The molecule has 23 heavy (non-hydrogen) atoms. The number of hydrogen-bond donors (Lipinski definition) is 3. The SMILES string of the molecule is O=C(NCCCO)Nc1ccc(OCc2ccccc2F)cc1. The molecule has 3 N–H and O–H groups in total. The third-order valence-electron chi connectivity index (χ3n) is 3.08. The number of aliphatic hydroxyl groups is 1. The van der Waals surface area contributed by atoms with E-state index in [2.05, 4.69) is 10.6 Å². The Bertz CT molecular complexity index is 632. The first kappa shape index (κ1) is 16.8. The van der Waals surface area contributed by atoms with Gasteiger partial charge >= 0.3 is 6.03 Å². The molecule has 0 saturated carbocycles. The van der Waals surface area contributed by atoms with Crippen LogP contribution < -0.4 is 15.4 Å². The topological polar surface area (TPSA) is 70.6 Å². The summed E-state index contributed by atoms with van der Waals surface area (Å²) >= 11 is 0. The van der Waals surface area contributed by atoms with E-state index in [4.69, 9.17) is 9.84 Å². The molecule has 0 unspecified atom stereocenters. The summed E-state index contributed by atoms with van der Waals surface area (Å²) in [5.74, 6) is 0.282. The molecule has 0 aliphatic rings. The maximum absolute atomic E-state index is 13.5. The van der Waals surface area contributed by atoms with Crippen LogP contribution in [0.2, 0.25) is 0 Å². The van der Waals surface area contributed by atoms with Crippen molar-refractivity contribution in [3.8, 4) is 5.75 Å². The molecule has 0 heterocycles. The quantitative estimate of drug-likeness (QED) is 0.688. The molecule has 0 bridgehead atoms. The number of carbonyl (C=O) groups excluding carboxylic acids is 1. The third-order valence-corrected chi connectivity index (χ3v) is 3.08. The molecule has 2 rings (SSSR count). The molecule has 0 spiro atoms. The highest BCUT2D eigenvalue weighted by molar-refractivity contribution is 5.89. The minimum atomic E-state index is -0.335. The van der Waals surface area contributed by atoms with Crippen LogP contribution in [0.25, 0.3) is 0 Å². The monoisotopic (exact) mass is 318 g/mol. The van der Waals surface area contributed by atoms with E-state index in [1.165, 1.54) is 6.07 Å². The van der Waals surface area contributed by atoms with Crippen molar-refractivity contribution in [1.29, 1.82) is 0 Å². The molecule has 0 aliphatic heterocycles. The summed E-state index contributed by atoms with van der Waals surface area (Å²) < 4.78 is 19.0. The van der Waals surface area contributed by atoms with Crippen LogP contribution in [0.15, 0.2) is 48.5 Å². The van der Waals surface area contributed by atoms with Crippen molar-refractivity contribution in [1.82, 2.24) is 5.32 Å². The smallest absolute Gasteiger partial charge is 0.319 e. The largest absolute Gasteiger partial charge is 0.489 e. The van der Waals surface area contributed by atoms with Crippen LogP contribution in [0.3, 0.4) is 0 Å². The Kier molecular flexibility index (Phi) is 6.38. The fourth-order valence-electron chi connectivity index (χ4n) is 1.87. The van der Waals surface area contributed by atoms with Gasteiger partial charge in [0.25, 0.3) is 0 Å². The molecule has 0 aliphatic carbocycles. The first-order chi connectivity index (χ1) is 11.2. The lowest BCUT2D eigenvalue weighted by atomic mass is 10.2. The predicted octanol–water partition coefficient (Wildman–Crippen LogP) is 2.91. The number of amides is 2. The number of benzene rings is 2. The summed E-state index contributed by atoms with van der Waals surface area (Å²) in [5.41, 5.74) is 1.10. The molecule has 2 aromatic rings. The van der Waals surface area contributed by atoms with E-state index in [9.17, 15) is 9.18 Å². The van der Waals surface area contributed by atoms with Crippen molar-refractivity contribution >= 4 is 11.7 Å². The molecule has 6 heteroatoms. The zero-order valence-electron chi connectivity index (χ0n) is 12.6. The van der Waals surface area contributed by atoms with Gasteiger partial charge in [-0.05, 0) is 36.8 Å². The molecule has 2 amide bonds. The molecule has 2 aromatic carbocycles. The van der Waals surface area contributed by atoms with Crippen LogP contribution in [0.4, 0.5) is 14.9 Å². The van der Waals surface area contributed by atoms with E-state index in [1.54, 1.807) is 42.5 Å². The highest BCUT2D eigenvalue weighted by Crippen LogP contribution is 2.17. The van der Waals surface area contributed by atoms with Crippen molar-refractivity contribution in [3.63, 3.8) is 0 Å². The summed E-state index contributed by atoms with van der Waals surface area (Å²) in [6.07, 6.45) is 0.510. The Labute approximate surface area is 134 Å². The second kappa shape index (κ2) is 8.75. The van der Waals surface area contributed by atoms with Gasteiger partial charge in [-0.25, -0.2) is 9.18 Å². The maximum Gasteiger partial charge on any atom is 0.319 e. The van der Waals surface area contributed by atoms with E-state index in [0.717, 1.165) is 0 Å². The van der Waals surface area contributed by atoms with Gasteiger partial charge in [0.05, 0.1) is 0 Å². The van der Waals surface area contributed by atoms with Gasteiger partial charge in [0.1, 0.15) is 18.2 Å². The summed E-state index contributed by atoms with van der Waals surface area (Å²) in [6, 6.07) is 12.9. The first-order valence-corrected chi connectivity index (χ1v) is 7.31. The van der Waals surface area contributed by atoms with Crippen LogP contribution in [-0.2, 0) is 6.61 Å². The summed E-state index contributed by atoms with van der Waals surface area (Å²) in [5, 5.41) is 13.9. The van der Waals surface area contributed by atoms with E-state index < -0.39 is 0 Å². The van der Waals surface area contributed by atoms with Gasteiger partial charge in [-0.1, -0.05) is 18.2 Å². The summed E-state index contributed by atoms with van der Waals surface area (Å²) in [7, 11) is 0. The Balaban J connectivity index is 1.82. The maximum atomic E-state index is 13.5. The van der Waals surface area contributed by atoms with Gasteiger partial charge in [0.2, 0.25) is 0 Å². The number of aliphatic hydroxyl groups excluding tert-OH is 1. The molecule has 5 nitrogen and oxygen atoms in total. The van der Waals surface area contributed by atoms with Crippen LogP contribution in [0.5, 0.6) is 5.75 Å². The number of rotatable bonds is 7. The second-order valence-corrected chi connectivity index (χ2v) is 4.86. The van der Waals surface area contributed by atoms with Crippen molar-refractivity contribution in [2.45, 2.75) is 13.0 Å². The number of halogens is 1. The van der Waals surface area contributed by atoms with Crippen molar-refractivity contribution in [2.75, 3.05) is 18.5 Å². The molecule has 0 atom stereocenters. The lowest BCUT2D eigenvalue weighted by Gasteiger charge is -2.09. The highest BCUT2D eigenvalue weighted by atomic mass is 19.1. The fraction of sp³-hybridized carbons (Fsp3) is 0.235. The average molecular weight is 318 g/mol. The van der Waals surface area contributed by atoms with Gasteiger partial charge in [-0.3, -0.25) is 0 Å². The van der Waals surface area contributed by atoms with Gasteiger partial charge in [0, 0.05) is 24.4 Å². The third kappa shape index (κ3) is 5.60. The Morgan fingerprint density at radius 2 is 1.87 bits per heavy atom. The Morgan fingerprint density at radius 1 is 1.13 bits per heavy atom. The van der Waals surface area contributed by atoms with E-state index in [0.29, 0.717) is 30.0 Å². The van der Waals surface area contributed by atoms with Gasteiger partial charge < -0.3 is 20.5 Å². The number of urea groups is 1. The van der Waals surface area contributed by atoms with E-state index >= 15 is 0 Å². The standard InChI is InChI=1S/C17H19FN2O3/c18-16-5-2-1-4-13(16)12-23-15-8-6-14(7-9-15)20-17(22)19-10-3-11-21/h1-2,4-9,21H,3,10-12H2,(H2,19,20,22). The molecular weight excluding hydrogens is 299 g/mol. The lowest BCUT2D eigenvalue weighted by Crippen LogP contribution is -2.29. The fourth-order valence-corrected chi connectivity index (χ4v) is 1.87.